The van der Waals surface area contributed by atoms with Crippen LogP contribution in [0.15, 0.2) is 47.2 Å². The molecule has 27 heavy (non-hydrogen) atoms. The van der Waals surface area contributed by atoms with Gasteiger partial charge in [-0.1, -0.05) is 30.3 Å². The SMILES string of the molecule is OC(CCC1CCN(CN2CCC(c3ccsc3)C2)CC1)c1ccccc1. The van der Waals surface area contributed by atoms with E-state index < -0.39 is 0 Å². The highest BCUT2D eigenvalue weighted by Gasteiger charge is 2.27. The van der Waals surface area contributed by atoms with Crippen LogP contribution in [0.5, 0.6) is 0 Å². The molecule has 2 aliphatic rings. The van der Waals surface area contributed by atoms with Gasteiger partial charge in [-0.25, -0.2) is 0 Å². The second-order valence-electron chi connectivity index (χ2n) is 8.33. The monoisotopic (exact) mass is 384 g/mol. The van der Waals surface area contributed by atoms with Gasteiger partial charge in [-0.3, -0.25) is 9.80 Å². The smallest absolute Gasteiger partial charge is 0.0790 e. The molecule has 2 atom stereocenters. The summed E-state index contributed by atoms with van der Waals surface area (Å²) in [7, 11) is 0. The summed E-state index contributed by atoms with van der Waals surface area (Å²) >= 11 is 1.82. The van der Waals surface area contributed by atoms with Gasteiger partial charge in [0.2, 0.25) is 0 Å². The number of piperidine rings is 1. The highest BCUT2D eigenvalue weighted by molar-refractivity contribution is 7.07. The molecule has 146 valence electrons. The molecular formula is C23H32N2OS. The summed E-state index contributed by atoms with van der Waals surface area (Å²) < 4.78 is 0. The number of aliphatic hydroxyl groups excluding tert-OH is 1. The summed E-state index contributed by atoms with van der Waals surface area (Å²) in [5.74, 6) is 1.52. The normalized spacial score (nSPS) is 23.7. The zero-order valence-corrected chi connectivity index (χ0v) is 17.0. The molecule has 0 saturated carbocycles. The molecule has 2 unspecified atom stereocenters. The first kappa shape index (κ1) is 19.1. The van der Waals surface area contributed by atoms with Gasteiger partial charge in [0.1, 0.15) is 0 Å². The first-order chi connectivity index (χ1) is 13.3. The molecule has 0 aliphatic carbocycles. The van der Waals surface area contributed by atoms with Crippen LogP contribution in [0.4, 0.5) is 0 Å². The Labute approximate surface area is 167 Å². The Morgan fingerprint density at radius 1 is 1.00 bits per heavy atom. The fourth-order valence-corrected chi connectivity index (χ4v) is 5.42. The van der Waals surface area contributed by atoms with Crippen LogP contribution in [0.3, 0.4) is 0 Å². The van der Waals surface area contributed by atoms with Crippen LogP contribution in [-0.2, 0) is 0 Å². The predicted molar refractivity (Wildman–Crippen MR) is 113 cm³/mol. The minimum absolute atomic E-state index is 0.303. The van der Waals surface area contributed by atoms with E-state index in [0.29, 0.717) is 0 Å². The van der Waals surface area contributed by atoms with Gasteiger partial charge in [0, 0.05) is 13.1 Å². The number of hydrogen-bond acceptors (Lipinski definition) is 4. The largest absolute Gasteiger partial charge is 0.388 e. The van der Waals surface area contributed by atoms with E-state index in [2.05, 4.69) is 26.6 Å². The van der Waals surface area contributed by atoms with Crippen molar-refractivity contribution >= 4 is 11.3 Å². The van der Waals surface area contributed by atoms with Crippen molar-refractivity contribution in [3.63, 3.8) is 0 Å². The van der Waals surface area contributed by atoms with E-state index in [1.165, 1.54) is 51.0 Å². The van der Waals surface area contributed by atoms with E-state index in [4.69, 9.17) is 0 Å². The van der Waals surface area contributed by atoms with E-state index in [1.807, 2.05) is 41.7 Å². The fourth-order valence-electron chi connectivity index (χ4n) is 4.68. The quantitative estimate of drug-likeness (QED) is 0.748. The first-order valence-electron chi connectivity index (χ1n) is 10.5. The van der Waals surface area contributed by atoms with Crippen molar-refractivity contribution in [3.8, 4) is 0 Å². The minimum Gasteiger partial charge on any atom is -0.388 e. The van der Waals surface area contributed by atoms with Crippen LogP contribution in [0.25, 0.3) is 0 Å². The van der Waals surface area contributed by atoms with Crippen molar-refractivity contribution in [2.75, 3.05) is 32.8 Å². The molecule has 0 spiro atoms. The van der Waals surface area contributed by atoms with Gasteiger partial charge < -0.3 is 5.11 Å². The number of likely N-dealkylation sites (tertiary alicyclic amines) is 2. The summed E-state index contributed by atoms with van der Waals surface area (Å²) in [5.41, 5.74) is 2.60. The molecule has 0 radical (unpaired) electrons. The molecular weight excluding hydrogens is 352 g/mol. The molecule has 1 N–H and O–H groups in total. The maximum Gasteiger partial charge on any atom is 0.0790 e. The lowest BCUT2D eigenvalue weighted by molar-refractivity contribution is 0.0973. The minimum atomic E-state index is -0.303. The molecule has 4 rings (SSSR count). The van der Waals surface area contributed by atoms with Crippen LogP contribution in [0, 0.1) is 5.92 Å². The Morgan fingerprint density at radius 2 is 1.78 bits per heavy atom. The molecule has 2 saturated heterocycles. The number of thiophene rings is 1. The molecule has 2 fully saturated rings. The van der Waals surface area contributed by atoms with E-state index in [1.54, 1.807) is 0 Å². The highest BCUT2D eigenvalue weighted by Crippen LogP contribution is 2.30. The van der Waals surface area contributed by atoms with E-state index in [0.717, 1.165) is 36.9 Å². The third-order valence-corrected chi connectivity index (χ3v) is 7.13. The van der Waals surface area contributed by atoms with Crippen molar-refractivity contribution in [1.82, 2.24) is 9.80 Å². The summed E-state index contributed by atoms with van der Waals surface area (Å²) in [5, 5.41) is 14.9. The molecule has 3 nitrogen and oxygen atoms in total. The van der Waals surface area contributed by atoms with Gasteiger partial charge >= 0.3 is 0 Å². The Balaban J connectivity index is 1.15. The molecule has 0 amide bonds. The van der Waals surface area contributed by atoms with Crippen molar-refractivity contribution in [3.05, 3.63) is 58.3 Å². The Hall–Kier alpha value is -1.20. The molecule has 0 bridgehead atoms. The standard InChI is InChI=1S/C23H32N2OS/c26-23(20-4-2-1-3-5-20)7-6-19-8-12-24(13-9-19)18-25-14-10-21(16-25)22-11-15-27-17-22/h1-5,11,15,17,19,21,23,26H,6-10,12-14,16,18H2. The van der Waals surface area contributed by atoms with Crippen molar-refractivity contribution < 1.29 is 5.11 Å². The van der Waals surface area contributed by atoms with E-state index in [-0.39, 0.29) is 6.10 Å². The van der Waals surface area contributed by atoms with E-state index >= 15 is 0 Å². The highest BCUT2D eigenvalue weighted by atomic mass is 32.1. The zero-order chi connectivity index (χ0) is 18.5. The van der Waals surface area contributed by atoms with Gasteiger partial charge in [0.25, 0.3) is 0 Å². The lowest BCUT2D eigenvalue weighted by Crippen LogP contribution is -2.41. The predicted octanol–water partition coefficient (Wildman–Crippen LogP) is 4.72. The average molecular weight is 385 g/mol. The molecule has 3 heterocycles. The number of hydrogen-bond donors (Lipinski definition) is 1. The van der Waals surface area contributed by atoms with Crippen molar-refractivity contribution in [1.29, 1.82) is 0 Å². The van der Waals surface area contributed by atoms with Crippen molar-refractivity contribution in [2.24, 2.45) is 5.92 Å². The van der Waals surface area contributed by atoms with Crippen LogP contribution >= 0.6 is 11.3 Å². The maximum absolute atomic E-state index is 10.4. The maximum atomic E-state index is 10.4. The van der Waals surface area contributed by atoms with Gasteiger partial charge in [0.05, 0.1) is 12.8 Å². The van der Waals surface area contributed by atoms with Gasteiger partial charge in [-0.2, -0.15) is 11.3 Å². The summed E-state index contributed by atoms with van der Waals surface area (Å²) in [6, 6.07) is 12.4. The average Bonchev–Trinajstić information content (AvgIpc) is 3.40. The van der Waals surface area contributed by atoms with Crippen LogP contribution in [-0.4, -0.2) is 47.8 Å². The van der Waals surface area contributed by atoms with E-state index in [9.17, 15) is 5.11 Å². The molecule has 2 aliphatic heterocycles. The summed E-state index contributed by atoms with van der Waals surface area (Å²) in [6.45, 7) is 6.03. The molecule has 2 aromatic rings. The van der Waals surface area contributed by atoms with Gasteiger partial charge in [0.15, 0.2) is 0 Å². The van der Waals surface area contributed by atoms with Gasteiger partial charge in [-0.15, -0.1) is 0 Å². The topological polar surface area (TPSA) is 26.7 Å². The second kappa shape index (κ2) is 9.33. The zero-order valence-electron chi connectivity index (χ0n) is 16.2. The first-order valence-corrected chi connectivity index (χ1v) is 11.4. The summed E-state index contributed by atoms with van der Waals surface area (Å²) in [4.78, 5) is 5.28. The number of benzene rings is 1. The molecule has 4 heteroatoms. The Bertz CT molecular complexity index is 667. The van der Waals surface area contributed by atoms with Crippen LogP contribution in [0.2, 0.25) is 0 Å². The number of nitrogens with zero attached hydrogens (tertiary/aromatic N) is 2. The third kappa shape index (κ3) is 5.20. The Kier molecular flexibility index (Phi) is 6.61. The summed E-state index contributed by atoms with van der Waals surface area (Å²) in [6.07, 6.45) is 5.61. The van der Waals surface area contributed by atoms with Crippen molar-refractivity contribution in [2.45, 2.75) is 44.1 Å². The van der Waals surface area contributed by atoms with Gasteiger partial charge in [-0.05, 0) is 85.0 Å². The molecule has 1 aromatic carbocycles. The fraction of sp³-hybridized carbons (Fsp3) is 0.565. The number of aliphatic hydroxyl groups is 1. The Morgan fingerprint density at radius 3 is 2.52 bits per heavy atom. The number of rotatable bonds is 7. The third-order valence-electron chi connectivity index (χ3n) is 6.43. The van der Waals surface area contributed by atoms with Crippen LogP contribution in [0.1, 0.15) is 55.3 Å². The molecule has 1 aromatic heterocycles. The second-order valence-corrected chi connectivity index (χ2v) is 9.11. The lowest BCUT2D eigenvalue weighted by Gasteiger charge is -2.34. The lowest BCUT2D eigenvalue weighted by atomic mass is 9.90. The van der Waals surface area contributed by atoms with Crippen LogP contribution < -0.4 is 0 Å².